The highest BCUT2D eigenvalue weighted by Gasteiger charge is 2.29. The highest BCUT2D eigenvalue weighted by Crippen LogP contribution is 2.32. The third-order valence-corrected chi connectivity index (χ3v) is 3.35. The minimum Gasteiger partial charge on any atom is -0.481 e. The normalized spacial score (nSPS) is 14.0. The number of carbonyl (C=O) groups excluding carboxylic acids is 1. The molecule has 0 saturated carbocycles. The number of aliphatic carboxylic acids is 1. The number of fused-ring (bicyclic) bond motifs is 1. The Balaban J connectivity index is 2.19. The molecule has 2 rings (SSSR count). The van der Waals surface area contributed by atoms with E-state index in [0.29, 0.717) is 13.0 Å². The Kier molecular flexibility index (Phi) is 4.21. The van der Waals surface area contributed by atoms with Crippen molar-refractivity contribution in [3.8, 4) is 0 Å². The maximum atomic E-state index is 12.2. The molecular weight excluding hydrogens is 270 g/mol. The molecule has 0 radical (unpaired) electrons. The summed E-state index contributed by atoms with van der Waals surface area (Å²) in [6.45, 7) is 6.09. The molecule has 1 aliphatic heterocycles. The molecular formula is C16H21NO4. The van der Waals surface area contributed by atoms with Gasteiger partial charge in [0.05, 0.1) is 5.69 Å². The maximum Gasteiger partial charge on any atom is 0.414 e. The number of aryl methyl sites for hydroxylation is 1. The van der Waals surface area contributed by atoms with Gasteiger partial charge in [-0.3, -0.25) is 9.69 Å². The Labute approximate surface area is 124 Å². The number of rotatable bonds is 3. The van der Waals surface area contributed by atoms with E-state index < -0.39 is 11.6 Å². The van der Waals surface area contributed by atoms with Gasteiger partial charge in [0.15, 0.2) is 0 Å². The van der Waals surface area contributed by atoms with Crippen LogP contribution in [0.1, 0.15) is 38.3 Å². The van der Waals surface area contributed by atoms with Gasteiger partial charge in [0, 0.05) is 13.0 Å². The zero-order chi connectivity index (χ0) is 15.6. The first-order valence-corrected chi connectivity index (χ1v) is 7.11. The zero-order valence-corrected chi connectivity index (χ0v) is 12.7. The fraction of sp³-hybridized carbons (Fsp3) is 0.500. The lowest BCUT2D eigenvalue weighted by Gasteiger charge is -2.24. The fourth-order valence-electron chi connectivity index (χ4n) is 2.49. The van der Waals surface area contributed by atoms with Crippen LogP contribution in [-0.2, 0) is 22.4 Å². The second kappa shape index (κ2) is 5.76. The van der Waals surface area contributed by atoms with Gasteiger partial charge in [0.25, 0.3) is 0 Å². The van der Waals surface area contributed by atoms with Crippen LogP contribution in [0.4, 0.5) is 10.5 Å². The van der Waals surface area contributed by atoms with Crippen LogP contribution in [0.5, 0.6) is 0 Å². The van der Waals surface area contributed by atoms with Gasteiger partial charge in [-0.2, -0.15) is 0 Å². The highest BCUT2D eigenvalue weighted by atomic mass is 16.6. The molecule has 5 heteroatoms. The Bertz CT molecular complexity index is 560. The van der Waals surface area contributed by atoms with Crippen molar-refractivity contribution >= 4 is 17.7 Å². The third-order valence-electron chi connectivity index (χ3n) is 3.35. The molecule has 5 nitrogen and oxygen atoms in total. The van der Waals surface area contributed by atoms with E-state index in [0.717, 1.165) is 23.2 Å². The number of hydrogen-bond donors (Lipinski definition) is 1. The number of carbonyl (C=O) groups is 2. The van der Waals surface area contributed by atoms with Crippen molar-refractivity contribution in [3.05, 3.63) is 29.3 Å². The minimum atomic E-state index is -0.811. The molecule has 0 fully saturated rings. The van der Waals surface area contributed by atoms with Gasteiger partial charge in [-0.25, -0.2) is 4.79 Å². The quantitative estimate of drug-likeness (QED) is 0.929. The Morgan fingerprint density at radius 3 is 2.67 bits per heavy atom. The second-order valence-corrected chi connectivity index (χ2v) is 6.19. The van der Waals surface area contributed by atoms with Crippen LogP contribution in [0.3, 0.4) is 0 Å². The minimum absolute atomic E-state index is 0.100. The highest BCUT2D eigenvalue weighted by molar-refractivity contribution is 5.91. The van der Waals surface area contributed by atoms with Crippen molar-refractivity contribution in [2.24, 2.45) is 0 Å². The van der Waals surface area contributed by atoms with Crippen LogP contribution in [-0.4, -0.2) is 29.3 Å². The summed E-state index contributed by atoms with van der Waals surface area (Å²) in [4.78, 5) is 24.6. The van der Waals surface area contributed by atoms with Gasteiger partial charge >= 0.3 is 12.1 Å². The number of carboxylic acids is 1. The van der Waals surface area contributed by atoms with Gasteiger partial charge in [-0.05, 0) is 50.8 Å². The molecule has 0 unspecified atom stereocenters. The van der Waals surface area contributed by atoms with Crippen molar-refractivity contribution in [1.29, 1.82) is 0 Å². The van der Waals surface area contributed by atoms with Gasteiger partial charge < -0.3 is 9.84 Å². The lowest BCUT2D eigenvalue weighted by molar-refractivity contribution is -0.136. The smallest absolute Gasteiger partial charge is 0.414 e. The molecule has 1 aliphatic rings. The number of hydrogen-bond acceptors (Lipinski definition) is 3. The van der Waals surface area contributed by atoms with E-state index in [1.54, 1.807) is 4.90 Å². The number of nitrogens with zero attached hydrogens (tertiary/aromatic N) is 1. The van der Waals surface area contributed by atoms with E-state index in [-0.39, 0.29) is 12.5 Å². The van der Waals surface area contributed by atoms with Crippen LogP contribution >= 0.6 is 0 Å². The van der Waals surface area contributed by atoms with Crippen molar-refractivity contribution in [1.82, 2.24) is 0 Å². The topological polar surface area (TPSA) is 66.8 Å². The maximum absolute atomic E-state index is 12.2. The molecule has 0 saturated heterocycles. The van der Waals surface area contributed by atoms with E-state index in [9.17, 15) is 9.59 Å². The molecule has 0 atom stereocenters. The summed E-state index contributed by atoms with van der Waals surface area (Å²) in [5, 5.41) is 8.81. The number of amides is 1. The fourth-order valence-corrected chi connectivity index (χ4v) is 2.49. The van der Waals surface area contributed by atoms with Crippen molar-refractivity contribution in [2.75, 3.05) is 11.4 Å². The molecule has 114 valence electrons. The predicted octanol–water partition coefficient (Wildman–Crippen LogP) is 3.00. The third kappa shape index (κ3) is 3.74. The zero-order valence-electron chi connectivity index (χ0n) is 12.7. The SMILES string of the molecule is CC(C)(C)OC(=O)N1CCc2c(CCC(=O)O)cccc21. The Hall–Kier alpha value is -2.04. The Morgan fingerprint density at radius 2 is 2.05 bits per heavy atom. The van der Waals surface area contributed by atoms with Gasteiger partial charge in [0.1, 0.15) is 5.60 Å². The molecule has 1 heterocycles. The average molecular weight is 291 g/mol. The first kappa shape index (κ1) is 15.4. The Morgan fingerprint density at radius 1 is 1.33 bits per heavy atom. The first-order valence-electron chi connectivity index (χ1n) is 7.11. The lowest BCUT2D eigenvalue weighted by atomic mass is 10.0. The summed E-state index contributed by atoms with van der Waals surface area (Å²) in [6.07, 6.45) is 0.977. The molecule has 0 bridgehead atoms. The van der Waals surface area contributed by atoms with Crippen LogP contribution in [0.15, 0.2) is 18.2 Å². The molecule has 0 spiro atoms. The molecule has 0 aromatic heterocycles. The lowest BCUT2D eigenvalue weighted by Crippen LogP contribution is -2.35. The summed E-state index contributed by atoms with van der Waals surface area (Å²) in [6, 6.07) is 5.68. The molecule has 1 aromatic carbocycles. The average Bonchev–Trinajstić information content (AvgIpc) is 2.78. The van der Waals surface area contributed by atoms with Crippen molar-refractivity contribution in [2.45, 2.75) is 45.6 Å². The van der Waals surface area contributed by atoms with Crippen molar-refractivity contribution < 1.29 is 19.4 Å². The number of ether oxygens (including phenoxy) is 1. The monoisotopic (exact) mass is 291 g/mol. The van der Waals surface area contributed by atoms with Crippen LogP contribution in [0.25, 0.3) is 0 Å². The van der Waals surface area contributed by atoms with E-state index in [1.807, 2.05) is 39.0 Å². The predicted molar refractivity (Wildman–Crippen MR) is 79.7 cm³/mol. The first-order chi connectivity index (χ1) is 9.78. The summed E-state index contributed by atoms with van der Waals surface area (Å²) in [5.74, 6) is -0.811. The summed E-state index contributed by atoms with van der Waals surface area (Å²) in [7, 11) is 0. The van der Waals surface area contributed by atoms with Crippen LogP contribution in [0.2, 0.25) is 0 Å². The number of benzene rings is 1. The molecule has 1 amide bonds. The number of carboxylic acid groups (broad SMARTS) is 1. The molecule has 0 aliphatic carbocycles. The second-order valence-electron chi connectivity index (χ2n) is 6.19. The van der Waals surface area contributed by atoms with E-state index in [4.69, 9.17) is 9.84 Å². The molecule has 21 heavy (non-hydrogen) atoms. The van der Waals surface area contributed by atoms with E-state index >= 15 is 0 Å². The summed E-state index contributed by atoms with van der Waals surface area (Å²) in [5.41, 5.74) is 2.37. The van der Waals surface area contributed by atoms with Crippen molar-refractivity contribution in [3.63, 3.8) is 0 Å². The largest absolute Gasteiger partial charge is 0.481 e. The van der Waals surface area contributed by atoms with Gasteiger partial charge in [-0.1, -0.05) is 12.1 Å². The van der Waals surface area contributed by atoms with E-state index in [2.05, 4.69) is 0 Å². The van der Waals surface area contributed by atoms with Crippen LogP contribution in [0, 0.1) is 0 Å². The van der Waals surface area contributed by atoms with Gasteiger partial charge in [-0.15, -0.1) is 0 Å². The number of anilines is 1. The van der Waals surface area contributed by atoms with E-state index in [1.165, 1.54) is 0 Å². The molecule has 1 N–H and O–H groups in total. The van der Waals surface area contributed by atoms with Crippen LogP contribution < -0.4 is 4.90 Å². The van der Waals surface area contributed by atoms with Gasteiger partial charge in [0.2, 0.25) is 0 Å². The molecule has 1 aromatic rings. The summed E-state index contributed by atoms with van der Waals surface area (Å²) < 4.78 is 5.41. The standard InChI is InChI=1S/C16H21NO4/c1-16(2,3)21-15(20)17-10-9-12-11(7-8-14(18)19)5-4-6-13(12)17/h4-6H,7-10H2,1-3H3,(H,18,19). The summed E-state index contributed by atoms with van der Waals surface area (Å²) >= 11 is 0.